The monoisotopic (exact) mass is 807 g/mol. The highest BCUT2D eigenvalue weighted by Crippen LogP contribution is 2.13. The largest absolute Gasteiger partial charge is 0.508 e. The quantitative estimate of drug-likeness (QED) is 0.0439. The summed E-state index contributed by atoms with van der Waals surface area (Å²) in [6, 6.07) is -2.78. The molecule has 0 saturated carbocycles. The molecule has 15 N–H and O–H groups in total. The summed E-state index contributed by atoms with van der Waals surface area (Å²) < 4.78 is 0. The normalized spacial score (nSPS) is 14.9. The zero-order valence-electron chi connectivity index (χ0n) is 33.7. The number of hydrogen-bond acceptors (Lipinski definition) is 12. The Labute approximate surface area is 334 Å². The van der Waals surface area contributed by atoms with Crippen molar-refractivity contribution in [2.45, 2.75) is 128 Å². The van der Waals surface area contributed by atoms with E-state index in [4.69, 9.17) is 17.2 Å². The number of carboxylic acids is 1. The lowest BCUT2D eigenvalue weighted by Crippen LogP contribution is -2.60. The molecule has 0 radical (unpaired) electrons. The molecule has 0 heterocycles. The minimum atomic E-state index is -1.59. The lowest BCUT2D eigenvalue weighted by atomic mass is 10.0. The van der Waals surface area contributed by atoms with E-state index < -0.39 is 96.2 Å². The van der Waals surface area contributed by atoms with Crippen LogP contribution in [0.2, 0.25) is 0 Å². The summed E-state index contributed by atoms with van der Waals surface area (Å²) in [4.78, 5) is 91.7. The Kier molecular flexibility index (Phi) is 23.0. The van der Waals surface area contributed by atoms with E-state index >= 15 is 0 Å². The Bertz CT molecular complexity index is 1460. The van der Waals surface area contributed by atoms with E-state index in [0.29, 0.717) is 50.8 Å². The van der Waals surface area contributed by atoms with Crippen molar-refractivity contribution in [3.8, 4) is 5.75 Å². The van der Waals surface area contributed by atoms with Gasteiger partial charge in [-0.15, -0.1) is 0 Å². The van der Waals surface area contributed by atoms with Gasteiger partial charge in [0.05, 0.1) is 12.6 Å². The molecule has 6 amide bonds. The lowest BCUT2D eigenvalue weighted by molar-refractivity contribution is -0.143. The number of aliphatic hydroxyl groups is 1. The summed E-state index contributed by atoms with van der Waals surface area (Å²) in [5, 5.41) is 44.4. The van der Waals surface area contributed by atoms with Crippen molar-refractivity contribution in [2.24, 2.45) is 29.0 Å². The van der Waals surface area contributed by atoms with Crippen LogP contribution in [0.5, 0.6) is 5.75 Å². The van der Waals surface area contributed by atoms with Gasteiger partial charge in [-0.05, 0) is 88.1 Å². The third kappa shape index (κ3) is 18.8. The molecule has 1 rings (SSSR count). The minimum absolute atomic E-state index is 0.00951. The van der Waals surface area contributed by atoms with E-state index in [1.54, 1.807) is 13.8 Å². The molecule has 0 aliphatic rings. The second-order valence-electron chi connectivity index (χ2n) is 14.9. The Morgan fingerprint density at radius 1 is 0.614 bits per heavy atom. The van der Waals surface area contributed by atoms with Crippen LogP contribution in [0, 0.1) is 11.8 Å². The van der Waals surface area contributed by atoms with E-state index in [9.17, 15) is 48.9 Å². The second-order valence-corrected chi connectivity index (χ2v) is 14.9. The van der Waals surface area contributed by atoms with Gasteiger partial charge in [0.25, 0.3) is 0 Å². The van der Waals surface area contributed by atoms with Crippen LogP contribution >= 0.6 is 0 Å². The van der Waals surface area contributed by atoms with Crippen LogP contribution in [0.1, 0.15) is 85.1 Å². The number of unbranched alkanes of at least 4 members (excludes halogenated alkanes) is 2. The molecular weight excluding hydrogens is 742 g/mol. The standard InChI is InChI=1S/C38H65N9O10/c1-21(2)18-28(44-33(51)26(41)10-6-8-16-39)35(53)42-23(5)32(50)43-27(11-7-9-17-40)34(52)45-29(19-24-12-14-25(49)15-13-24)36(54)46-30(20-48)37(55)47-31(22(3)4)38(56)57/h12-15,21-23,26-31,48-49H,6-11,16-20,39-41H2,1-5H3,(H,42,53)(H,43,50)(H,44,51)(H,45,52)(H,46,54)(H,47,55)(H,56,57)/t23-,26-,27-,28-,29-,30-,31-/m0/s1. The summed E-state index contributed by atoms with van der Waals surface area (Å²) in [5.41, 5.74) is 17.7. The number of benzene rings is 1. The number of rotatable bonds is 27. The number of aliphatic hydroxyl groups excluding tert-OH is 1. The fourth-order valence-electron chi connectivity index (χ4n) is 5.64. The van der Waals surface area contributed by atoms with Gasteiger partial charge < -0.3 is 64.4 Å². The van der Waals surface area contributed by atoms with E-state index in [1.807, 2.05) is 13.8 Å². The first-order valence-electron chi connectivity index (χ1n) is 19.4. The predicted molar refractivity (Wildman–Crippen MR) is 212 cm³/mol. The van der Waals surface area contributed by atoms with Gasteiger partial charge in [0.1, 0.15) is 42.0 Å². The molecule has 0 aromatic heterocycles. The number of carboxylic acid groups (broad SMARTS) is 1. The lowest BCUT2D eigenvalue weighted by Gasteiger charge is -2.27. The van der Waals surface area contributed by atoms with Crippen LogP contribution in [0.3, 0.4) is 0 Å². The SMILES string of the molecule is CC(C)C[C@H](NC(=O)[C@@H](N)CCCCN)C(=O)N[C@@H](C)C(=O)N[C@@H](CCCCN)C(=O)N[C@@H](Cc1ccc(O)cc1)C(=O)N[C@@H](CO)C(=O)N[C@H](C(=O)O)C(C)C. The number of phenolic OH excluding ortho intramolecular Hbond substituents is 1. The molecule has 7 atom stereocenters. The number of amides is 6. The molecule has 19 nitrogen and oxygen atoms in total. The van der Waals surface area contributed by atoms with Crippen molar-refractivity contribution in [2.75, 3.05) is 19.7 Å². The molecular formula is C38H65N9O10. The molecule has 0 fully saturated rings. The summed E-state index contributed by atoms with van der Waals surface area (Å²) >= 11 is 0. The van der Waals surface area contributed by atoms with Gasteiger partial charge in [-0.1, -0.05) is 46.2 Å². The molecule has 0 aliphatic heterocycles. The molecule has 0 unspecified atom stereocenters. The van der Waals surface area contributed by atoms with Crippen molar-refractivity contribution in [1.82, 2.24) is 31.9 Å². The summed E-state index contributed by atoms with van der Waals surface area (Å²) in [5.74, 6) is -6.45. The zero-order valence-corrected chi connectivity index (χ0v) is 33.7. The highest BCUT2D eigenvalue weighted by Gasteiger charge is 2.33. The van der Waals surface area contributed by atoms with Crippen molar-refractivity contribution in [3.63, 3.8) is 0 Å². The molecule has 0 spiro atoms. The number of aliphatic carboxylic acids is 1. The summed E-state index contributed by atoms with van der Waals surface area (Å²) in [7, 11) is 0. The maximum Gasteiger partial charge on any atom is 0.326 e. The maximum absolute atomic E-state index is 13.8. The molecule has 322 valence electrons. The first-order chi connectivity index (χ1) is 26.8. The van der Waals surface area contributed by atoms with Gasteiger partial charge in [0.2, 0.25) is 35.4 Å². The van der Waals surface area contributed by atoms with E-state index in [2.05, 4.69) is 31.9 Å². The van der Waals surface area contributed by atoms with Gasteiger partial charge in [0.15, 0.2) is 0 Å². The average Bonchev–Trinajstić information content (AvgIpc) is 3.14. The topological polar surface area (TPSA) is 330 Å². The minimum Gasteiger partial charge on any atom is -0.508 e. The van der Waals surface area contributed by atoms with Crippen LogP contribution in [0.25, 0.3) is 0 Å². The predicted octanol–water partition coefficient (Wildman–Crippen LogP) is -1.77. The maximum atomic E-state index is 13.8. The molecule has 1 aromatic carbocycles. The van der Waals surface area contributed by atoms with Crippen LogP contribution in [0.15, 0.2) is 24.3 Å². The number of carbonyl (C=O) groups is 7. The number of hydrogen-bond donors (Lipinski definition) is 12. The highest BCUT2D eigenvalue weighted by molar-refractivity contribution is 5.97. The number of aromatic hydroxyl groups is 1. The van der Waals surface area contributed by atoms with Gasteiger partial charge >= 0.3 is 5.97 Å². The smallest absolute Gasteiger partial charge is 0.326 e. The Balaban J connectivity index is 3.25. The van der Waals surface area contributed by atoms with Gasteiger partial charge in [-0.2, -0.15) is 0 Å². The van der Waals surface area contributed by atoms with Crippen molar-refractivity contribution in [1.29, 1.82) is 0 Å². The summed E-state index contributed by atoms with van der Waals surface area (Å²) in [6.45, 7) is 8.13. The third-order valence-corrected chi connectivity index (χ3v) is 9.03. The van der Waals surface area contributed by atoms with Crippen molar-refractivity contribution in [3.05, 3.63) is 29.8 Å². The van der Waals surface area contributed by atoms with Gasteiger partial charge in [-0.25, -0.2) is 4.79 Å². The number of nitrogens with two attached hydrogens (primary N) is 3. The Morgan fingerprint density at radius 2 is 1.11 bits per heavy atom. The van der Waals surface area contributed by atoms with Crippen LogP contribution in [-0.2, 0) is 40.0 Å². The van der Waals surface area contributed by atoms with Crippen LogP contribution in [0.4, 0.5) is 0 Å². The first-order valence-corrected chi connectivity index (χ1v) is 19.4. The number of carbonyl (C=O) groups excluding carboxylic acids is 6. The Hall–Kier alpha value is -4.85. The fourth-order valence-corrected chi connectivity index (χ4v) is 5.64. The first kappa shape index (κ1) is 50.2. The van der Waals surface area contributed by atoms with Gasteiger partial charge in [-0.3, -0.25) is 28.8 Å². The third-order valence-electron chi connectivity index (χ3n) is 9.03. The molecule has 19 heteroatoms. The number of nitrogens with one attached hydrogen (secondary N) is 6. The van der Waals surface area contributed by atoms with E-state index in [1.165, 1.54) is 31.2 Å². The van der Waals surface area contributed by atoms with Crippen LogP contribution in [-0.4, -0.2) is 119 Å². The van der Waals surface area contributed by atoms with E-state index in [0.717, 1.165) is 0 Å². The average molecular weight is 808 g/mol. The molecule has 1 aromatic rings. The zero-order chi connectivity index (χ0) is 43.2. The van der Waals surface area contributed by atoms with Crippen molar-refractivity contribution < 1.29 is 48.9 Å². The van der Waals surface area contributed by atoms with Crippen LogP contribution < -0.4 is 49.1 Å². The molecule has 0 bridgehead atoms. The van der Waals surface area contributed by atoms with Gasteiger partial charge in [0, 0.05) is 6.42 Å². The molecule has 0 aliphatic carbocycles. The molecule has 57 heavy (non-hydrogen) atoms. The summed E-state index contributed by atoms with van der Waals surface area (Å²) in [6.07, 6.45) is 2.79. The Morgan fingerprint density at radius 3 is 1.63 bits per heavy atom. The number of phenols is 1. The van der Waals surface area contributed by atoms with E-state index in [-0.39, 0.29) is 30.9 Å². The fraction of sp³-hybridized carbons (Fsp3) is 0.658. The second kappa shape index (κ2) is 26.1. The molecule has 0 saturated heterocycles. The van der Waals surface area contributed by atoms with Crippen molar-refractivity contribution >= 4 is 41.4 Å². The highest BCUT2D eigenvalue weighted by atomic mass is 16.4.